The first kappa shape index (κ1) is 14.6. The second kappa shape index (κ2) is 5.57. The van der Waals surface area contributed by atoms with Gasteiger partial charge in [-0.15, -0.1) is 0 Å². The van der Waals surface area contributed by atoms with E-state index in [2.05, 4.69) is 20.3 Å². The Morgan fingerprint density at radius 2 is 2.17 bits per heavy atom. The van der Waals surface area contributed by atoms with E-state index in [-0.39, 0.29) is 6.54 Å². The molecule has 4 N–H and O–H groups in total. The van der Waals surface area contributed by atoms with Gasteiger partial charge in [0.25, 0.3) is 0 Å². The first-order chi connectivity index (χ1) is 11.7. The third kappa shape index (κ3) is 2.37. The Morgan fingerprint density at radius 1 is 1.29 bits per heavy atom. The molecule has 0 bridgehead atoms. The number of nitrogens with one attached hydrogen (secondary N) is 1. The van der Waals surface area contributed by atoms with Crippen LogP contribution < -0.4 is 5.73 Å². The second-order valence-corrected chi connectivity index (χ2v) is 5.61. The summed E-state index contributed by atoms with van der Waals surface area (Å²) < 4.78 is 14.0. The van der Waals surface area contributed by atoms with Gasteiger partial charge in [0.2, 0.25) is 0 Å². The zero-order chi connectivity index (χ0) is 16.7. The molecule has 0 saturated heterocycles. The monoisotopic (exact) mass is 326 g/mol. The molecule has 7 nitrogen and oxygen atoms in total. The fraction of sp³-hybridized carbons (Fsp3) is 0.188. The molecule has 0 fully saturated rings. The Balaban J connectivity index is 1.87. The van der Waals surface area contributed by atoms with Crippen LogP contribution >= 0.6 is 0 Å². The number of H-pyrrole nitrogens is 1. The molecule has 24 heavy (non-hydrogen) atoms. The smallest absolute Gasteiger partial charge is 0.135 e. The van der Waals surface area contributed by atoms with E-state index in [9.17, 15) is 9.50 Å². The number of rotatable bonds is 4. The van der Waals surface area contributed by atoms with E-state index in [1.54, 1.807) is 12.4 Å². The lowest BCUT2D eigenvalue weighted by molar-refractivity contribution is 0.118. The molecule has 1 unspecified atom stereocenters. The van der Waals surface area contributed by atoms with Crippen molar-refractivity contribution in [3.63, 3.8) is 0 Å². The molecule has 8 heteroatoms. The minimum atomic E-state index is -1.09. The number of aliphatic hydroxyl groups is 1. The van der Waals surface area contributed by atoms with Gasteiger partial charge in [0, 0.05) is 23.3 Å². The van der Waals surface area contributed by atoms with Gasteiger partial charge in [0.1, 0.15) is 24.1 Å². The average Bonchev–Trinajstić information content (AvgIpc) is 3.24. The molecule has 4 aromatic rings. The Kier molecular flexibility index (Phi) is 3.39. The number of nitrogen functional groups attached to an aromatic ring is 1. The van der Waals surface area contributed by atoms with Crippen LogP contribution in [0.5, 0.6) is 0 Å². The quantitative estimate of drug-likeness (QED) is 0.531. The summed E-state index contributed by atoms with van der Waals surface area (Å²) in [4.78, 5) is 4.44. The SMILES string of the molecule is Nc1nc2cc(-c3cc[nH]n3)ccc2c2nn(CC(O)CF)cc12. The molecule has 3 aromatic heterocycles. The van der Waals surface area contributed by atoms with Crippen LogP contribution in [0.3, 0.4) is 0 Å². The molecule has 0 aliphatic carbocycles. The lowest BCUT2D eigenvalue weighted by Gasteiger charge is -2.04. The van der Waals surface area contributed by atoms with Crippen molar-refractivity contribution in [1.29, 1.82) is 0 Å². The maximum Gasteiger partial charge on any atom is 0.135 e. The molecule has 1 aromatic carbocycles. The van der Waals surface area contributed by atoms with Crippen molar-refractivity contribution in [3.05, 3.63) is 36.7 Å². The van der Waals surface area contributed by atoms with Crippen LogP contribution in [-0.4, -0.2) is 42.8 Å². The van der Waals surface area contributed by atoms with Gasteiger partial charge in [0.15, 0.2) is 0 Å². The number of nitrogens with zero attached hydrogens (tertiary/aromatic N) is 4. The Hall–Kier alpha value is -3.00. The van der Waals surface area contributed by atoms with Gasteiger partial charge < -0.3 is 10.8 Å². The predicted octanol–water partition coefficient (Wildman–Crippen LogP) is 1.89. The van der Waals surface area contributed by atoms with Crippen LogP contribution in [0.25, 0.3) is 33.1 Å². The number of hydrogen-bond acceptors (Lipinski definition) is 5. The lowest BCUT2D eigenvalue weighted by Crippen LogP contribution is -2.17. The maximum absolute atomic E-state index is 12.5. The molecule has 122 valence electrons. The number of hydrogen-bond donors (Lipinski definition) is 3. The van der Waals surface area contributed by atoms with Gasteiger partial charge >= 0.3 is 0 Å². The Bertz CT molecular complexity index is 1010. The maximum atomic E-state index is 12.5. The van der Waals surface area contributed by atoms with Gasteiger partial charge in [-0.25, -0.2) is 9.37 Å². The van der Waals surface area contributed by atoms with Crippen LogP contribution in [0.15, 0.2) is 36.7 Å². The molecule has 0 aliphatic rings. The van der Waals surface area contributed by atoms with Crippen LogP contribution in [0.4, 0.5) is 10.2 Å². The zero-order valence-electron chi connectivity index (χ0n) is 12.6. The molecular formula is C16H15FN6O. The molecule has 0 saturated carbocycles. The summed E-state index contributed by atoms with van der Waals surface area (Å²) in [6, 6.07) is 7.62. The van der Waals surface area contributed by atoms with Crippen molar-refractivity contribution in [1.82, 2.24) is 25.0 Å². The van der Waals surface area contributed by atoms with Crippen molar-refractivity contribution in [2.24, 2.45) is 0 Å². The highest BCUT2D eigenvalue weighted by Crippen LogP contribution is 2.29. The first-order valence-corrected chi connectivity index (χ1v) is 7.46. The Labute approximate surface area is 135 Å². The van der Waals surface area contributed by atoms with Crippen molar-refractivity contribution in [3.8, 4) is 11.3 Å². The molecule has 3 heterocycles. The third-order valence-corrected chi connectivity index (χ3v) is 3.90. The number of halogens is 1. The van der Waals surface area contributed by atoms with Crippen LogP contribution in [0, 0.1) is 0 Å². The summed E-state index contributed by atoms with van der Waals surface area (Å²) in [5.41, 5.74) is 9.16. The molecule has 0 aliphatic heterocycles. The highest BCUT2D eigenvalue weighted by atomic mass is 19.1. The van der Waals surface area contributed by atoms with Gasteiger partial charge in [-0.2, -0.15) is 10.2 Å². The van der Waals surface area contributed by atoms with Gasteiger partial charge in [-0.1, -0.05) is 6.07 Å². The third-order valence-electron chi connectivity index (χ3n) is 3.90. The van der Waals surface area contributed by atoms with E-state index in [0.29, 0.717) is 22.2 Å². The zero-order valence-corrected chi connectivity index (χ0v) is 12.6. The molecule has 0 radical (unpaired) electrons. The number of alkyl halides is 1. The highest BCUT2D eigenvalue weighted by molar-refractivity contribution is 6.08. The summed E-state index contributed by atoms with van der Waals surface area (Å²) in [7, 11) is 0. The van der Waals surface area contributed by atoms with E-state index in [0.717, 1.165) is 16.6 Å². The Morgan fingerprint density at radius 3 is 2.92 bits per heavy atom. The minimum Gasteiger partial charge on any atom is -0.388 e. The number of aromatic amines is 1. The number of nitrogens with two attached hydrogens (primary N) is 1. The van der Waals surface area contributed by atoms with E-state index in [4.69, 9.17) is 5.73 Å². The molecule has 4 rings (SSSR count). The number of aromatic nitrogens is 5. The van der Waals surface area contributed by atoms with E-state index < -0.39 is 12.8 Å². The summed E-state index contributed by atoms with van der Waals surface area (Å²) in [6.07, 6.45) is 2.34. The van der Waals surface area contributed by atoms with Gasteiger partial charge in [0.05, 0.1) is 23.1 Å². The minimum absolute atomic E-state index is 0.0669. The highest BCUT2D eigenvalue weighted by Gasteiger charge is 2.13. The lowest BCUT2D eigenvalue weighted by atomic mass is 10.1. The largest absolute Gasteiger partial charge is 0.388 e. The standard InChI is InChI=1S/C16H15FN6O/c17-6-10(24)7-23-8-12-15(22-23)11-2-1-9(13-3-4-19-21-13)5-14(11)20-16(12)18/h1-5,8,10,24H,6-7H2,(H2,18,20)(H,19,21). The second-order valence-electron chi connectivity index (χ2n) is 5.61. The number of anilines is 1. The van der Waals surface area contributed by atoms with Gasteiger partial charge in [-0.3, -0.25) is 9.78 Å². The number of aliphatic hydroxyl groups excluding tert-OH is 1. The topological polar surface area (TPSA) is 106 Å². The van der Waals surface area contributed by atoms with Crippen LogP contribution in [0.2, 0.25) is 0 Å². The van der Waals surface area contributed by atoms with Crippen molar-refractivity contribution in [2.75, 3.05) is 12.4 Å². The normalized spacial score (nSPS) is 12.9. The summed E-state index contributed by atoms with van der Waals surface area (Å²) in [5.74, 6) is 0.345. The van der Waals surface area contributed by atoms with E-state index in [1.807, 2.05) is 24.3 Å². The molecule has 1 atom stereocenters. The summed E-state index contributed by atoms with van der Waals surface area (Å²) >= 11 is 0. The fourth-order valence-corrected chi connectivity index (χ4v) is 2.76. The van der Waals surface area contributed by atoms with Gasteiger partial charge in [-0.05, 0) is 18.2 Å². The fourth-order valence-electron chi connectivity index (χ4n) is 2.76. The number of benzene rings is 1. The molecular weight excluding hydrogens is 311 g/mol. The number of fused-ring (bicyclic) bond motifs is 3. The average molecular weight is 326 g/mol. The number of pyridine rings is 1. The first-order valence-electron chi connectivity index (χ1n) is 7.46. The van der Waals surface area contributed by atoms with E-state index in [1.165, 1.54) is 4.68 Å². The summed E-state index contributed by atoms with van der Waals surface area (Å²) in [5, 5.41) is 22.4. The molecule has 0 spiro atoms. The summed E-state index contributed by atoms with van der Waals surface area (Å²) in [6.45, 7) is -0.755. The van der Waals surface area contributed by atoms with Crippen molar-refractivity contribution >= 4 is 27.6 Å². The van der Waals surface area contributed by atoms with Crippen molar-refractivity contribution in [2.45, 2.75) is 12.6 Å². The predicted molar refractivity (Wildman–Crippen MR) is 89.0 cm³/mol. The van der Waals surface area contributed by atoms with Crippen LogP contribution in [-0.2, 0) is 6.54 Å². The van der Waals surface area contributed by atoms with Crippen LogP contribution in [0.1, 0.15) is 0 Å². The van der Waals surface area contributed by atoms with E-state index >= 15 is 0 Å². The van der Waals surface area contributed by atoms with Crippen molar-refractivity contribution < 1.29 is 9.50 Å². The molecule has 0 amide bonds.